The van der Waals surface area contributed by atoms with E-state index in [4.69, 9.17) is 11.6 Å². The lowest BCUT2D eigenvalue weighted by molar-refractivity contribution is 0.313. The molecule has 1 aliphatic heterocycles. The molecule has 2 nitrogen and oxygen atoms in total. The molecular formula is C14H21ClN2. The van der Waals surface area contributed by atoms with E-state index in [0.29, 0.717) is 6.04 Å². The number of rotatable bonds is 2. The van der Waals surface area contributed by atoms with Gasteiger partial charge in [-0.25, -0.2) is 0 Å². The number of benzene rings is 1. The van der Waals surface area contributed by atoms with Gasteiger partial charge in [0.05, 0.1) is 10.7 Å². The third kappa shape index (κ3) is 2.58. The maximum absolute atomic E-state index is 6.31. The highest BCUT2D eigenvalue weighted by Gasteiger charge is 2.34. The number of likely N-dealkylation sites (N-methyl/N-ethyl adjacent to an activating group) is 1. The molecule has 1 unspecified atom stereocenters. The lowest BCUT2D eigenvalue weighted by Gasteiger charge is -2.47. The number of hydrogen-bond donors (Lipinski definition) is 1. The topological polar surface area (TPSA) is 15.3 Å². The van der Waals surface area contributed by atoms with Gasteiger partial charge in [-0.15, -0.1) is 0 Å². The van der Waals surface area contributed by atoms with Gasteiger partial charge < -0.3 is 10.2 Å². The molecule has 1 fully saturated rings. The summed E-state index contributed by atoms with van der Waals surface area (Å²) < 4.78 is 0. The lowest BCUT2D eigenvalue weighted by atomic mass is 9.87. The Labute approximate surface area is 109 Å². The Kier molecular flexibility index (Phi) is 3.64. The van der Waals surface area contributed by atoms with Gasteiger partial charge in [0.1, 0.15) is 0 Å². The molecule has 1 aliphatic rings. The van der Waals surface area contributed by atoms with Crippen LogP contribution in [0.15, 0.2) is 24.3 Å². The SMILES string of the molecule is CNC1CCC(C)(C)N(c2ccccc2Cl)C1. The molecule has 0 saturated carbocycles. The fourth-order valence-electron chi connectivity index (χ4n) is 2.55. The number of piperidine rings is 1. The first kappa shape index (κ1) is 12.7. The molecule has 1 atom stereocenters. The van der Waals surface area contributed by atoms with E-state index in [2.05, 4.69) is 36.2 Å². The second-order valence-corrected chi connectivity index (χ2v) is 5.81. The third-order valence-corrected chi connectivity index (χ3v) is 4.11. The quantitative estimate of drug-likeness (QED) is 0.869. The second-order valence-electron chi connectivity index (χ2n) is 5.40. The number of anilines is 1. The van der Waals surface area contributed by atoms with E-state index in [-0.39, 0.29) is 5.54 Å². The van der Waals surface area contributed by atoms with Crippen LogP contribution in [0.3, 0.4) is 0 Å². The molecule has 0 aliphatic carbocycles. The van der Waals surface area contributed by atoms with Gasteiger partial charge in [-0.05, 0) is 45.9 Å². The zero-order valence-corrected chi connectivity index (χ0v) is 11.6. The summed E-state index contributed by atoms with van der Waals surface area (Å²) in [6.07, 6.45) is 2.41. The highest BCUT2D eigenvalue weighted by molar-refractivity contribution is 6.33. The van der Waals surface area contributed by atoms with Crippen LogP contribution in [0.5, 0.6) is 0 Å². The van der Waals surface area contributed by atoms with Gasteiger partial charge in [-0.1, -0.05) is 23.7 Å². The second kappa shape index (κ2) is 4.87. The summed E-state index contributed by atoms with van der Waals surface area (Å²) in [7, 11) is 2.04. The Balaban J connectivity index is 2.30. The van der Waals surface area contributed by atoms with Crippen molar-refractivity contribution in [1.82, 2.24) is 5.32 Å². The maximum atomic E-state index is 6.31. The summed E-state index contributed by atoms with van der Waals surface area (Å²) in [5, 5.41) is 4.22. The molecule has 17 heavy (non-hydrogen) atoms. The van der Waals surface area contributed by atoms with Crippen LogP contribution in [0.25, 0.3) is 0 Å². The summed E-state index contributed by atoms with van der Waals surface area (Å²) in [6, 6.07) is 8.68. The van der Waals surface area contributed by atoms with Crippen molar-refractivity contribution in [3.8, 4) is 0 Å². The van der Waals surface area contributed by atoms with Gasteiger partial charge in [0.25, 0.3) is 0 Å². The van der Waals surface area contributed by atoms with Crippen molar-refractivity contribution in [3.63, 3.8) is 0 Å². The predicted molar refractivity (Wildman–Crippen MR) is 75.0 cm³/mol. The smallest absolute Gasteiger partial charge is 0.0639 e. The number of hydrogen-bond acceptors (Lipinski definition) is 2. The molecule has 0 aromatic heterocycles. The van der Waals surface area contributed by atoms with E-state index in [9.17, 15) is 0 Å². The summed E-state index contributed by atoms with van der Waals surface area (Å²) in [4.78, 5) is 2.43. The molecule has 0 bridgehead atoms. The Morgan fingerprint density at radius 3 is 2.71 bits per heavy atom. The zero-order valence-electron chi connectivity index (χ0n) is 10.8. The van der Waals surface area contributed by atoms with Gasteiger partial charge >= 0.3 is 0 Å². The van der Waals surface area contributed by atoms with Gasteiger partial charge in [0.15, 0.2) is 0 Å². The average Bonchev–Trinajstić information content (AvgIpc) is 2.30. The fraction of sp³-hybridized carbons (Fsp3) is 0.571. The minimum Gasteiger partial charge on any atom is -0.364 e. The predicted octanol–water partition coefficient (Wildman–Crippen LogP) is 3.31. The van der Waals surface area contributed by atoms with Crippen LogP contribution in [0, 0.1) is 0 Å². The Hall–Kier alpha value is -0.730. The van der Waals surface area contributed by atoms with Gasteiger partial charge in [0, 0.05) is 18.1 Å². The largest absolute Gasteiger partial charge is 0.364 e. The van der Waals surface area contributed by atoms with Crippen LogP contribution in [0.4, 0.5) is 5.69 Å². The first-order chi connectivity index (χ1) is 8.04. The van der Waals surface area contributed by atoms with Crippen LogP contribution in [0.1, 0.15) is 26.7 Å². The Morgan fingerprint density at radius 2 is 2.06 bits per heavy atom. The minimum absolute atomic E-state index is 0.179. The zero-order chi connectivity index (χ0) is 12.5. The number of nitrogens with zero attached hydrogens (tertiary/aromatic N) is 1. The molecule has 1 heterocycles. The van der Waals surface area contributed by atoms with Crippen molar-refractivity contribution in [2.45, 2.75) is 38.3 Å². The van der Waals surface area contributed by atoms with Crippen LogP contribution in [0.2, 0.25) is 5.02 Å². The molecular weight excluding hydrogens is 232 g/mol. The Morgan fingerprint density at radius 1 is 1.35 bits per heavy atom. The van der Waals surface area contributed by atoms with Crippen molar-refractivity contribution in [3.05, 3.63) is 29.3 Å². The maximum Gasteiger partial charge on any atom is 0.0639 e. The summed E-state index contributed by atoms with van der Waals surface area (Å²) in [5.74, 6) is 0. The highest BCUT2D eigenvalue weighted by Crippen LogP contribution is 2.36. The third-order valence-electron chi connectivity index (χ3n) is 3.79. The van der Waals surface area contributed by atoms with E-state index in [1.807, 2.05) is 19.2 Å². The van der Waals surface area contributed by atoms with Crippen molar-refractivity contribution in [2.24, 2.45) is 0 Å². The van der Waals surface area contributed by atoms with E-state index in [1.165, 1.54) is 12.8 Å². The first-order valence-corrected chi connectivity index (χ1v) is 6.62. The fourth-order valence-corrected chi connectivity index (χ4v) is 2.79. The van der Waals surface area contributed by atoms with E-state index < -0.39 is 0 Å². The van der Waals surface area contributed by atoms with Gasteiger partial charge in [-0.2, -0.15) is 0 Å². The van der Waals surface area contributed by atoms with Crippen molar-refractivity contribution >= 4 is 17.3 Å². The van der Waals surface area contributed by atoms with Crippen molar-refractivity contribution in [2.75, 3.05) is 18.5 Å². The molecule has 1 aromatic rings. The average molecular weight is 253 g/mol. The molecule has 0 amide bonds. The van der Waals surface area contributed by atoms with Crippen LogP contribution >= 0.6 is 11.6 Å². The van der Waals surface area contributed by atoms with Crippen molar-refractivity contribution in [1.29, 1.82) is 0 Å². The van der Waals surface area contributed by atoms with Crippen molar-refractivity contribution < 1.29 is 0 Å². The molecule has 0 spiro atoms. The van der Waals surface area contributed by atoms with E-state index in [0.717, 1.165) is 17.3 Å². The summed E-state index contributed by atoms with van der Waals surface area (Å²) in [6.45, 7) is 5.61. The summed E-state index contributed by atoms with van der Waals surface area (Å²) in [5.41, 5.74) is 1.33. The van der Waals surface area contributed by atoms with E-state index >= 15 is 0 Å². The lowest BCUT2D eigenvalue weighted by Crippen LogP contribution is -2.55. The number of halogens is 1. The van der Waals surface area contributed by atoms with Crippen LogP contribution < -0.4 is 10.2 Å². The van der Waals surface area contributed by atoms with Crippen LogP contribution in [-0.4, -0.2) is 25.2 Å². The van der Waals surface area contributed by atoms with E-state index in [1.54, 1.807) is 0 Å². The van der Waals surface area contributed by atoms with Crippen LogP contribution in [-0.2, 0) is 0 Å². The monoisotopic (exact) mass is 252 g/mol. The molecule has 1 N–H and O–H groups in total. The van der Waals surface area contributed by atoms with Gasteiger partial charge in [-0.3, -0.25) is 0 Å². The number of para-hydroxylation sites is 1. The Bertz CT molecular complexity index is 390. The minimum atomic E-state index is 0.179. The van der Waals surface area contributed by atoms with Gasteiger partial charge in [0.2, 0.25) is 0 Å². The summed E-state index contributed by atoms with van der Waals surface area (Å²) >= 11 is 6.31. The highest BCUT2D eigenvalue weighted by atomic mass is 35.5. The molecule has 3 heteroatoms. The molecule has 2 rings (SSSR count). The molecule has 1 saturated heterocycles. The molecule has 1 aromatic carbocycles. The standard InChI is InChI=1S/C14H21ClN2/c1-14(2)9-8-11(16-3)10-17(14)13-7-5-4-6-12(13)15/h4-7,11,16H,8-10H2,1-3H3. The normalized spacial score (nSPS) is 23.8. The number of nitrogens with one attached hydrogen (secondary N) is 1. The first-order valence-electron chi connectivity index (χ1n) is 6.24. The molecule has 0 radical (unpaired) electrons. The molecule has 94 valence electrons.